The Balaban J connectivity index is 0. The summed E-state index contributed by atoms with van der Waals surface area (Å²) in [5, 5.41) is 8.08. The minimum atomic E-state index is -0.412. The van der Waals surface area contributed by atoms with Crippen LogP contribution in [0, 0.1) is 11.3 Å². The van der Waals surface area contributed by atoms with Crippen molar-refractivity contribution < 1.29 is 9.53 Å². The molecule has 0 saturated heterocycles. The molecule has 0 saturated carbocycles. The molecule has 0 bridgehead atoms. The molecular formula is C21H23NO2. The highest BCUT2D eigenvalue weighted by atomic mass is 16.5. The molecule has 1 rings (SSSR count). The monoisotopic (exact) mass is 321 g/mol. The number of carbonyl (C=O) groups is 1. The fraction of sp³-hybridized carbons (Fsp3) is 0.0476. The average Bonchev–Trinajstić information content (AvgIpc) is 2.65. The van der Waals surface area contributed by atoms with E-state index in [0.717, 1.165) is 11.6 Å². The first-order chi connectivity index (χ1) is 11.6. The number of nitrogens with zero attached hydrogens (tertiary/aromatic N) is 1. The molecule has 0 fully saturated rings. The van der Waals surface area contributed by atoms with E-state index in [9.17, 15) is 4.79 Å². The van der Waals surface area contributed by atoms with Gasteiger partial charge in [0.25, 0.3) is 0 Å². The van der Waals surface area contributed by atoms with Crippen LogP contribution in [0.25, 0.3) is 6.08 Å². The Morgan fingerprint density at radius 1 is 1.04 bits per heavy atom. The molecule has 0 aliphatic rings. The van der Waals surface area contributed by atoms with Crippen molar-refractivity contribution in [1.29, 1.82) is 5.26 Å². The molecule has 0 aliphatic carbocycles. The van der Waals surface area contributed by atoms with Crippen LogP contribution >= 0.6 is 0 Å². The van der Waals surface area contributed by atoms with Crippen LogP contribution in [-0.2, 0) is 9.53 Å². The van der Waals surface area contributed by atoms with Crippen molar-refractivity contribution in [3.05, 3.63) is 105 Å². The average molecular weight is 321 g/mol. The zero-order valence-corrected chi connectivity index (χ0v) is 13.9. The van der Waals surface area contributed by atoms with Crippen LogP contribution in [0.1, 0.15) is 5.56 Å². The van der Waals surface area contributed by atoms with Gasteiger partial charge in [0.15, 0.2) is 0 Å². The molecule has 24 heavy (non-hydrogen) atoms. The highest BCUT2D eigenvalue weighted by molar-refractivity contribution is 5.81. The normalized spacial score (nSPS) is 7.46. The molecule has 0 aliphatic heterocycles. The lowest BCUT2D eigenvalue weighted by Crippen LogP contribution is -1.98. The molecule has 3 nitrogen and oxygen atoms in total. The molecule has 3 heteroatoms. The molecule has 1 aromatic rings. The molecule has 124 valence electrons. The molecule has 0 radical (unpaired) electrons. The van der Waals surface area contributed by atoms with E-state index in [1.807, 2.05) is 42.5 Å². The fourth-order valence-corrected chi connectivity index (χ4v) is 1.06. The summed E-state index contributed by atoms with van der Waals surface area (Å²) in [6.07, 6.45) is 9.00. The highest BCUT2D eigenvalue weighted by Crippen LogP contribution is 1.97. The molecule has 0 heterocycles. The Bertz CT molecular complexity index is 594. The predicted octanol–water partition coefficient (Wildman–Crippen LogP) is 5.04. The fourth-order valence-electron chi connectivity index (χ4n) is 1.06. The van der Waals surface area contributed by atoms with Crippen molar-refractivity contribution in [3.8, 4) is 6.07 Å². The van der Waals surface area contributed by atoms with Gasteiger partial charge in [0.05, 0.1) is 6.07 Å². The lowest BCUT2D eigenvalue weighted by molar-refractivity contribution is -0.136. The molecule has 1 aromatic carbocycles. The molecule has 0 aromatic heterocycles. The van der Waals surface area contributed by atoms with Crippen LogP contribution in [0.5, 0.6) is 0 Å². The van der Waals surface area contributed by atoms with Gasteiger partial charge in [-0.2, -0.15) is 5.26 Å². The number of carbonyl (C=O) groups excluding carboxylic acids is 1. The Kier molecular flexibility index (Phi) is 16.9. The topological polar surface area (TPSA) is 50.1 Å². The van der Waals surface area contributed by atoms with Gasteiger partial charge >= 0.3 is 5.97 Å². The molecule has 0 amide bonds. The van der Waals surface area contributed by atoms with Crippen LogP contribution in [0.3, 0.4) is 0 Å². The van der Waals surface area contributed by atoms with Crippen LogP contribution in [-0.4, -0.2) is 12.6 Å². The zero-order chi connectivity index (χ0) is 18.6. The summed E-state index contributed by atoms with van der Waals surface area (Å²) >= 11 is 0. The third-order valence-electron chi connectivity index (χ3n) is 2.25. The van der Waals surface area contributed by atoms with Crippen molar-refractivity contribution in [1.82, 2.24) is 0 Å². The minimum absolute atomic E-state index is 0.255. The number of ether oxygens (including phenoxy) is 1. The summed E-state index contributed by atoms with van der Waals surface area (Å²) in [6, 6.07) is 11.9. The van der Waals surface area contributed by atoms with Crippen molar-refractivity contribution in [2.24, 2.45) is 0 Å². The number of benzene rings is 1. The van der Waals surface area contributed by atoms with Gasteiger partial charge in [-0.05, 0) is 11.1 Å². The van der Waals surface area contributed by atoms with Gasteiger partial charge in [0, 0.05) is 12.2 Å². The Morgan fingerprint density at radius 2 is 1.62 bits per heavy atom. The van der Waals surface area contributed by atoms with E-state index in [2.05, 4.69) is 37.6 Å². The van der Waals surface area contributed by atoms with E-state index in [-0.39, 0.29) is 6.61 Å². The van der Waals surface area contributed by atoms with Gasteiger partial charge < -0.3 is 4.74 Å². The summed E-state index contributed by atoms with van der Waals surface area (Å²) in [7, 11) is 0. The Hall–Kier alpha value is -3.38. The Morgan fingerprint density at radius 3 is 1.92 bits per heavy atom. The van der Waals surface area contributed by atoms with Crippen molar-refractivity contribution in [2.45, 2.75) is 0 Å². The van der Waals surface area contributed by atoms with Gasteiger partial charge in [0.2, 0.25) is 0 Å². The number of allylic oxidation sites excluding steroid dienone is 4. The van der Waals surface area contributed by atoms with E-state index in [0.29, 0.717) is 0 Å². The van der Waals surface area contributed by atoms with Crippen molar-refractivity contribution in [2.75, 3.05) is 6.61 Å². The third-order valence-corrected chi connectivity index (χ3v) is 2.25. The molecule has 0 N–H and O–H groups in total. The lowest BCUT2D eigenvalue weighted by atomic mass is 10.2. The van der Waals surface area contributed by atoms with Crippen LogP contribution in [0.2, 0.25) is 0 Å². The van der Waals surface area contributed by atoms with Gasteiger partial charge in [-0.1, -0.05) is 87.5 Å². The first-order valence-electron chi connectivity index (χ1n) is 7.01. The van der Waals surface area contributed by atoms with E-state index in [4.69, 9.17) is 5.26 Å². The van der Waals surface area contributed by atoms with Gasteiger partial charge in [-0.15, -0.1) is 0 Å². The van der Waals surface area contributed by atoms with Gasteiger partial charge in [0.1, 0.15) is 6.61 Å². The van der Waals surface area contributed by atoms with Gasteiger partial charge in [-0.25, -0.2) is 4.79 Å². The molecule has 0 unspecified atom stereocenters. The largest absolute Gasteiger partial charge is 0.458 e. The van der Waals surface area contributed by atoms with E-state index >= 15 is 0 Å². The number of hydrogen-bond donors (Lipinski definition) is 0. The zero-order valence-electron chi connectivity index (χ0n) is 13.9. The van der Waals surface area contributed by atoms with E-state index in [1.54, 1.807) is 12.2 Å². The Labute approximate surface area is 144 Å². The standard InChI is InChI=1S/C8H8.C7H7N.C6H8O2/c1-2-8-6-4-3-5-7-8;1-3-7(4-2)5-6-8;1-3-5-8-6(7)4-2/h2-7H,1H2;3-5H,1-2H2;3-4H,1-2,5H2. The summed E-state index contributed by atoms with van der Waals surface area (Å²) in [6.45, 7) is 17.4. The minimum Gasteiger partial charge on any atom is -0.458 e. The second-order valence-electron chi connectivity index (χ2n) is 3.92. The quantitative estimate of drug-likeness (QED) is 0.242. The maximum absolute atomic E-state index is 10.2. The maximum Gasteiger partial charge on any atom is 0.330 e. The summed E-state index contributed by atoms with van der Waals surface area (Å²) in [4.78, 5) is 10.2. The second-order valence-corrected chi connectivity index (χ2v) is 3.92. The number of esters is 1. The summed E-state index contributed by atoms with van der Waals surface area (Å²) in [5.41, 5.74) is 1.93. The van der Waals surface area contributed by atoms with Crippen molar-refractivity contribution >= 4 is 12.0 Å². The lowest BCUT2D eigenvalue weighted by Gasteiger charge is -1.92. The molecule has 0 atom stereocenters. The van der Waals surface area contributed by atoms with Crippen LogP contribution in [0.15, 0.2) is 99.2 Å². The first-order valence-corrected chi connectivity index (χ1v) is 7.01. The van der Waals surface area contributed by atoms with Gasteiger partial charge in [-0.3, -0.25) is 0 Å². The maximum atomic E-state index is 10.2. The summed E-state index contributed by atoms with van der Waals surface area (Å²) < 4.78 is 4.47. The van der Waals surface area contributed by atoms with Crippen molar-refractivity contribution in [3.63, 3.8) is 0 Å². The van der Waals surface area contributed by atoms with Crippen LogP contribution < -0.4 is 0 Å². The third kappa shape index (κ3) is 15.0. The molecular weight excluding hydrogens is 298 g/mol. The smallest absolute Gasteiger partial charge is 0.330 e. The SMILES string of the molecule is C=CC(C=C)=CC#N.C=CCOC(=O)C=C.C=Cc1ccccc1. The first kappa shape index (κ1) is 22.9. The second kappa shape index (κ2) is 17.7. The number of rotatable bonds is 6. The van der Waals surface area contributed by atoms with E-state index < -0.39 is 5.97 Å². The van der Waals surface area contributed by atoms with E-state index in [1.165, 1.54) is 17.7 Å². The number of hydrogen-bond acceptors (Lipinski definition) is 3. The number of nitriles is 1. The predicted molar refractivity (Wildman–Crippen MR) is 102 cm³/mol. The molecule has 0 spiro atoms. The van der Waals surface area contributed by atoms with Crippen LogP contribution in [0.4, 0.5) is 0 Å². The highest BCUT2D eigenvalue weighted by Gasteiger charge is 1.88. The summed E-state index contributed by atoms with van der Waals surface area (Å²) in [5.74, 6) is -0.412.